The standard InChI is InChI=1S/C28H35N5O3/c1-36-28-24(31-22-12-5-6-13-23(22)32-28)14-15-27(35)33-18-8-7-16-29-25(21-10-3-2-4-11-21)20-26(34)30-17-9-19-33/h2-6,10-13,25,29H,7-9,14-20H2,1H3,(H,30,34). The summed E-state index contributed by atoms with van der Waals surface area (Å²) in [6.07, 6.45) is 3.76. The number of carbonyl (C=O) groups excluding carboxylic acids is 2. The zero-order valence-electron chi connectivity index (χ0n) is 20.9. The van der Waals surface area contributed by atoms with Gasteiger partial charge in [-0.3, -0.25) is 9.59 Å². The Labute approximate surface area is 212 Å². The van der Waals surface area contributed by atoms with Gasteiger partial charge in [0.2, 0.25) is 17.7 Å². The Balaban J connectivity index is 1.36. The lowest BCUT2D eigenvalue weighted by Crippen LogP contribution is -2.35. The molecule has 1 fully saturated rings. The van der Waals surface area contributed by atoms with Crippen LogP contribution in [-0.2, 0) is 16.0 Å². The third kappa shape index (κ3) is 7.01. The first-order valence-electron chi connectivity index (χ1n) is 12.8. The second-order valence-electron chi connectivity index (χ2n) is 9.08. The molecule has 1 aliphatic rings. The van der Waals surface area contributed by atoms with E-state index in [1.165, 1.54) is 0 Å². The molecule has 1 saturated heterocycles. The van der Waals surface area contributed by atoms with Gasteiger partial charge in [0.05, 0.1) is 18.1 Å². The molecular formula is C28H35N5O3. The Morgan fingerprint density at radius 1 is 0.972 bits per heavy atom. The summed E-state index contributed by atoms with van der Waals surface area (Å²) in [6.45, 7) is 2.66. The Kier molecular flexibility index (Phi) is 9.21. The van der Waals surface area contributed by atoms with Crippen LogP contribution in [0.5, 0.6) is 5.88 Å². The number of fused-ring (bicyclic) bond motifs is 1. The maximum Gasteiger partial charge on any atom is 0.235 e. The van der Waals surface area contributed by atoms with Crippen molar-refractivity contribution in [2.45, 2.75) is 44.6 Å². The number of aromatic nitrogens is 2. The number of nitrogens with one attached hydrogen (secondary N) is 2. The second-order valence-corrected chi connectivity index (χ2v) is 9.08. The largest absolute Gasteiger partial charge is 0.480 e. The SMILES string of the molecule is COc1nc2ccccc2nc1CCC(=O)N1CCCCNC(c2ccccc2)CC(=O)NCCC1. The topological polar surface area (TPSA) is 96.5 Å². The Morgan fingerprint density at radius 3 is 2.47 bits per heavy atom. The zero-order valence-corrected chi connectivity index (χ0v) is 20.9. The monoisotopic (exact) mass is 489 g/mol. The minimum Gasteiger partial charge on any atom is -0.480 e. The van der Waals surface area contributed by atoms with Gasteiger partial charge >= 0.3 is 0 Å². The average molecular weight is 490 g/mol. The van der Waals surface area contributed by atoms with Crippen LogP contribution in [0.3, 0.4) is 0 Å². The lowest BCUT2D eigenvalue weighted by Gasteiger charge is -2.23. The number of ether oxygens (including phenoxy) is 1. The predicted octanol–water partition coefficient (Wildman–Crippen LogP) is 3.42. The molecule has 1 atom stereocenters. The molecule has 1 unspecified atom stereocenters. The maximum absolute atomic E-state index is 13.2. The summed E-state index contributed by atoms with van der Waals surface area (Å²) in [6, 6.07) is 17.7. The van der Waals surface area contributed by atoms with E-state index in [1.807, 2.05) is 47.4 Å². The fraction of sp³-hybridized carbons (Fsp3) is 0.429. The molecule has 8 nitrogen and oxygen atoms in total. The molecule has 2 N–H and O–H groups in total. The van der Waals surface area contributed by atoms with Gasteiger partial charge in [0.15, 0.2) is 0 Å². The molecule has 1 aromatic heterocycles. The molecule has 2 heterocycles. The Hall–Kier alpha value is -3.52. The fourth-order valence-electron chi connectivity index (χ4n) is 4.54. The van der Waals surface area contributed by atoms with Gasteiger partial charge in [-0.1, -0.05) is 42.5 Å². The maximum atomic E-state index is 13.2. The minimum atomic E-state index is -0.0114. The first kappa shape index (κ1) is 25.6. The number of hydrogen-bond acceptors (Lipinski definition) is 6. The van der Waals surface area contributed by atoms with E-state index in [0.29, 0.717) is 50.5 Å². The van der Waals surface area contributed by atoms with Crippen LogP contribution in [-0.4, -0.2) is 60.0 Å². The van der Waals surface area contributed by atoms with E-state index in [-0.39, 0.29) is 17.9 Å². The molecule has 0 spiro atoms. The summed E-state index contributed by atoms with van der Waals surface area (Å²) in [5.41, 5.74) is 3.37. The number of amides is 2. The van der Waals surface area contributed by atoms with Crippen molar-refractivity contribution in [3.05, 3.63) is 65.9 Å². The molecule has 4 rings (SSSR count). The number of hydrogen-bond donors (Lipinski definition) is 2. The summed E-state index contributed by atoms with van der Waals surface area (Å²) in [7, 11) is 1.58. The van der Waals surface area contributed by atoms with Crippen LogP contribution in [0.15, 0.2) is 54.6 Å². The lowest BCUT2D eigenvalue weighted by molar-refractivity contribution is -0.131. The highest BCUT2D eigenvalue weighted by atomic mass is 16.5. The van der Waals surface area contributed by atoms with E-state index in [9.17, 15) is 9.59 Å². The molecule has 3 aromatic rings. The van der Waals surface area contributed by atoms with E-state index in [0.717, 1.165) is 42.4 Å². The van der Waals surface area contributed by atoms with Gasteiger partial charge in [0, 0.05) is 44.9 Å². The van der Waals surface area contributed by atoms with E-state index < -0.39 is 0 Å². The highest BCUT2D eigenvalue weighted by molar-refractivity contribution is 5.78. The normalized spacial score (nSPS) is 18.0. The van der Waals surface area contributed by atoms with Gasteiger partial charge in [-0.25, -0.2) is 9.97 Å². The summed E-state index contributed by atoms with van der Waals surface area (Å²) in [4.78, 5) is 36.8. The Morgan fingerprint density at radius 2 is 1.69 bits per heavy atom. The molecule has 2 amide bonds. The van der Waals surface area contributed by atoms with Crippen LogP contribution in [0, 0.1) is 0 Å². The van der Waals surface area contributed by atoms with Crippen molar-refractivity contribution in [1.29, 1.82) is 0 Å². The van der Waals surface area contributed by atoms with Crippen LogP contribution < -0.4 is 15.4 Å². The fourth-order valence-corrected chi connectivity index (χ4v) is 4.54. The molecule has 0 bridgehead atoms. The highest BCUT2D eigenvalue weighted by Crippen LogP contribution is 2.20. The van der Waals surface area contributed by atoms with E-state index in [4.69, 9.17) is 4.74 Å². The highest BCUT2D eigenvalue weighted by Gasteiger charge is 2.19. The molecule has 2 aromatic carbocycles. The predicted molar refractivity (Wildman–Crippen MR) is 140 cm³/mol. The molecule has 0 aliphatic carbocycles. The van der Waals surface area contributed by atoms with Crippen molar-refractivity contribution < 1.29 is 14.3 Å². The van der Waals surface area contributed by atoms with E-state index >= 15 is 0 Å². The number of rotatable bonds is 5. The lowest BCUT2D eigenvalue weighted by atomic mass is 10.0. The van der Waals surface area contributed by atoms with Crippen LogP contribution in [0.4, 0.5) is 0 Å². The van der Waals surface area contributed by atoms with Gasteiger partial charge in [-0.2, -0.15) is 0 Å². The number of benzene rings is 2. The zero-order chi connectivity index (χ0) is 25.2. The van der Waals surface area contributed by atoms with Crippen molar-refractivity contribution in [2.24, 2.45) is 0 Å². The third-order valence-corrected chi connectivity index (χ3v) is 6.49. The number of aryl methyl sites for hydroxylation is 1. The van der Waals surface area contributed by atoms with Gasteiger partial charge < -0.3 is 20.3 Å². The summed E-state index contributed by atoms with van der Waals surface area (Å²) >= 11 is 0. The first-order valence-corrected chi connectivity index (χ1v) is 12.8. The second kappa shape index (κ2) is 13.0. The van der Waals surface area contributed by atoms with Gasteiger partial charge in [0.1, 0.15) is 5.69 Å². The van der Waals surface area contributed by atoms with E-state index in [2.05, 4.69) is 32.7 Å². The first-order chi connectivity index (χ1) is 17.6. The average Bonchev–Trinajstić information content (AvgIpc) is 2.93. The molecule has 0 radical (unpaired) electrons. The third-order valence-electron chi connectivity index (χ3n) is 6.49. The quantitative estimate of drug-likeness (QED) is 0.570. The molecule has 0 saturated carbocycles. The van der Waals surface area contributed by atoms with Crippen LogP contribution in [0.25, 0.3) is 11.0 Å². The summed E-state index contributed by atoms with van der Waals surface area (Å²) in [5.74, 6) is 0.576. The van der Waals surface area contributed by atoms with Crippen LogP contribution in [0.1, 0.15) is 49.4 Å². The number of nitrogens with zero attached hydrogens (tertiary/aromatic N) is 3. The van der Waals surface area contributed by atoms with Crippen LogP contribution >= 0.6 is 0 Å². The van der Waals surface area contributed by atoms with Gasteiger partial charge in [0.25, 0.3) is 0 Å². The number of methoxy groups -OCH3 is 1. The van der Waals surface area contributed by atoms with Crippen molar-refractivity contribution in [3.8, 4) is 5.88 Å². The van der Waals surface area contributed by atoms with Gasteiger partial charge in [-0.05, 0) is 43.5 Å². The molecule has 1 aliphatic heterocycles. The van der Waals surface area contributed by atoms with Crippen molar-refractivity contribution in [3.63, 3.8) is 0 Å². The van der Waals surface area contributed by atoms with Crippen molar-refractivity contribution in [2.75, 3.05) is 33.3 Å². The summed E-state index contributed by atoms with van der Waals surface area (Å²) < 4.78 is 5.44. The minimum absolute atomic E-state index is 0.0114. The molecule has 36 heavy (non-hydrogen) atoms. The number of para-hydroxylation sites is 2. The number of carbonyl (C=O) groups is 2. The summed E-state index contributed by atoms with van der Waals surface area (Å²) in [5, 5.41) is 6.55. The molecule has 8 heteroatoms. The smallest absolute Gasteiger partial charge is 0.235 e. The molecule has 190 valence electrons. The van der Waals surface area contributed by atoms with Crippen molar-refractivity contribution >= 4 is 22.8 Å². The van der Waals surface area contributed by atoms with Crippen molar-refractivity contribution in [1.82, 2.24) is 25.5 Å². The Bertz CT molecular complexity index is 1150. The van der Waals surface area contributed by atoms with Gasteiger partial charge in [-0.15, -0.1) is 0 Å². The van der Waals surface area contributed by atoms with Crippen LogP contribution in [0.2, 0.25) is 0 Å². The van der Waals surface area contributed by atoms with E-state index in [1.54, 1.807) is 7.11 Å². The molecular weight excluding hydrogens is 454 g/mol.